The molecule has 0 amide bonds. The van der Waals surface area contributed by atoms with Crippen LogP contribution in [0, 0.1) is 0 Å². The molecule has 1 aromatic heterocycles. The Morgan fingerprint density at radius 2 is 2.00 bits per heavy atom. The molecule has 100 valence electrons. The SMILES string of the molecule is CN(c1nc(Cl)ncc1O)[C@@H](CO)c1ccccc1. The summed E-state index contributed by atoms with van der Waals surface area (Å²) in [6.07, 6.45) is 1.24. The van der Waals surface area contributed by atoms with Crippen molar-refractivity contribution in [3.8, 4) is 5.75 Å². The number of benzene rings is 1. The Bertz CT molecular complexity index is 551. The predicted octanol–water partition coefficient (Wildman–Crippen LogP) is 2.01. The zero-order valence-electron chi connectivity index (χ0n) is 10.4. The molecule has 2 aromatic rings. The summed E-state index contributed by atoms with van der Waals surface area (Å²) in [6, 6.07) is 9.15. The van der Waals surface area contributed by atoms with Crippen LogP contribution in [0.2, 0.25) is 5.28 Å². The average Bonchev–Trinajstić information content (AvgIpc) is 2.43. The minimum absolute atomic E-state index is 0.0457. The minimum Gasteiger partial charge on any atom is -0.503 e. The molecule has 5 nitrogen and oxygen atoms in total. The van der Waals surface area contributed by atoms with E-state index in [1.807, 2.05) is 30.3 Å². The van der Waals surface area contributed by atoms with Gasteiger partial charge >= 0.3 is 0 Å². The molecule has 0 aliphatic heterocycles. The molecule has 6 heteroatoms. The highest BCUT2D eigenvalue weighted by molar-refractivity contribution is 6.28. The molecule has 0 saturated heterocycles. The zero-order valence-corrected chi connectivity index (χ0v) is 11.1. The Hall–Kier alpha value is -1.85. The van der Waals surface area contributed by atoms with Crippen LogP contribution >= 0.6 is 11.6 Å². The smallest absolute Gasteiger partial charge is 0.224 e. The molecule has 0 radical (unpaired) electrons. The van der Waals surface area contributed by atoms with Gasteiger partial charge in [-0.15, -0.1) is 0 Å². The van der Waals surface area contributed by atoms with Crippen LogP contribution in [0.3, 0.4) is 0 Å². The number of hydrogen-bond acceptors (Lipinski definition) is 5. The number of halogens is 1. The molecule has 0 aliphatic rings. The molecule has 1 aromatic carbocycles. The molecular weight excluding hydrogens is 266 g/mol. The maximum Gasteiger partial charge on any atom is 0.224 e. The fourth-order valence-electron chi connectivity index (χ4n) is 1.88. The normalized spacial score (nSPS) is 12.2. The van der Waals surface area contributed by atoms with Gasteiger partial charge in [0.25, 0.3) is 0 Å². The van der Waals surface area contributed by atoms with Gasteiger partial charge in [-0.1, -0.05) is 30.3 Å². The monoisotopic (exact) mass is 279 g/mol. The highest BCUT2D eigenvalue weighted by atomic mass is 35.5. The first-order valence-electron chi connectivity index (χ1n) is 5.73. The van der Waals surface area contributed by atoms with Gasteiger partial charge in [0, 0.05) is 7.05 Å². The van der Waals surface area contributed by atoms with Crippen molar-refractivity contribution in [1.29, 1.82) is 0 Å². The third kappa shape index (κ3) is 2.94. The lowest BCUT2D eigenvalue weighted by atomic mass is 10.1. The molecular formula is C13H14ClN3O2. The van der Waals surface area contributed by atoms with Crippen LogP contribution in [0.5, 0.6) is 5.75 Å². The second-order valence-corrected chi connectivity index (χ2v) is 4.41. The third-order valence-corrected chi connectivity index (χ3v) is 3.06. The van der Waals surface area contributed by atoms with Gasteiger partial charge in [-0.25, -0.2) is 4.98 Å². The molecule has 19 heavy (non-hydrogen) atoms. The predicted molar refractivity (Wildman–Crippen MR) is 73.4 cm³/mol. The average molecular weight is 280 g/mol. The summed E-state index contributed by atoms with van der Waals surface area (Å²) in [7, 11) is 1.73. The lowest BCUT2D eigenvalue weighted by molar-refractivity contribution is 0.263. The van der Waals surface area contributed by atoms with E-state index in [1.165, 1.54) is 6.20 Å². The first-order valence-corrected chi connectivity index (χ1v) is 6.11. The number of aromatic hydroxyl groups is 1. The summed E-state index contributed by atoms with van der Waals surface area (Å²) in [6.45, 7) is -0.110. The van der Waals surface area contributed by atoms with Gasteiger partial charge in [-0.3, -0.25) is 0 Å². The van der Waals surface area contributed by atoms with Crippen molar-refractivity contribution in [2.45, 2.75) is 6.04 Å². The second kappa shape index (κ2) is 5.86. The van der Waals surface area contributed by atoms with Crippen LogP contribution in [0.15, 0.2) is 36.5 Å². The Kier molecular flexibility index (Phi) is 4.19. The summed E-state index contributed by atoms with van der Waals surface area (Å²) < 4.78 is 0. The fourth-order valence-corrected chi connectivity index (χ4v) is 2.01. The van der Waals surface area contributed by atoms with Gasteiger partial charge in [0.2, 0.25) is 5.28 Å². The maximum absolute atomic E-state index is 9.79. The standard InChI is InChI=1S/C13H14ClN3O2/c1-17(12-11(19)7-15-13(14)16-12)10(8-18)9-5-3-2-4-6-9/h2-7,10,18-19H,8H2,1H3/t10-/m0/s1. The number of nitrogens with zero attached hydrogens (tertiary/aromatic N) is 3. The second-order valence-electron chi connectivity index (χ2n) is 4.07. The molecule has 0 saturated carbocycles. The van der Waals surface area contributed by atoms with E-state index in [2.05, 4.69) is 9.97 Å². The summed E-state index contributed by atoms with van der Waals surface area (Å²) in [4.78, 5) is 9.35. The zero-order chi connectivity index (χ0) is 13.8. The van der Waals surface area contributed by atoms with E-state index in [0.29, 0.717) is 0 Å². The number of aliphatic hydroxyl groups is 1. The number of likely N-dealkylation sites (N-methyl/N-ethyl adjacent to an activating group) is 1. The third-order valence-electron chi connectivity index (χ3n) is 2.88. The minimum atomic E-state index is -0.321. The lowest BCUT2D eigenvalue weighted by Crippen LogP contribution is -2.28. The molecule has 0 aliphatic carbocycles. The van der Waals surface area contributed by atoms with E-state index in [-0.39, 0.29) is 29.5 Å². The lowest BCUT2D eigenvalue weighted by Gasteiger charge is -2.28. The van der Waals surface area contributed by atoms with Crippen molar-refractivity contribution in [2.24, 2.45) is 0 Å². The highest BCUT2D eigenvalue weighted by Crippen LogP contribution is 2.30. The van der Waals surface area contributed by atoms with Crippen molar-refractivity contribution < 1.29 is 10.2 Å². The molecule has 2 rings (SSSR count). The first-order chi connectivity index (χ1) is 9.13. The largest absolute Gasteiger partial charge is 0.503 e. The van der Waals surface area contributed by atoms with E-state index >= 15 is 0 Å². The van der Waals surface area contributed by atoms with Crippen LogP contribution in [0.4, 0.5) is 5.82 Å². The van der Waals surface area contributed by atoms with Crippen molar-refractivity contribution in [3.63, 3.8) is 0 Å². The van der Waals surface area contributed by atoms with Crippen molar-refractivity contribution in [2.75, 3.05) is 18.6 Å². The van der Waals surface area contributed by atoms with Gasteiger partial charge in [0.15, 0.2) is 11.6 Å². The quantitative estimate of drug-likeness (QED) is 0.838. The van der Waals surface area contributed by atoms with E-state index in [0.717, 1.165) is 5.56 Å². The highest BCUT2D eigenvalue weighted by Gasteiger charge is 2.20. The van der Waals surface area contributed by atoms with E-state index in [4.69, 9.17) is 11.6 Å². The summed E-state index contributed by atoms with van der Waals surface area (Å²) in [5, 5.41) is 19.4. The summed E-state index contributed by atoms with van der Waals surface area (Å²) >= 11 is 5.73. The van der Waals surface area contributed by atoms with Gasteiger partial charge in [-0.2, -0.15) is 4.98 Å². The molecule has 0 unspecified atom stereocenters. The summed E-state index contributed by atoms with van der Waals surface area (Å²) in [5.41, 5.74) is 0.918. The topological polar surface area (TPSA) is 69.5 Å². The molecule has 1 atom stereocenters. The molecule has 0 bridgehead atoms. The van der Waals surface area contributed by atoms with Crippen LogP contribution < -0.4 is 4.90 Å². The van der Waals surface area contributed by atoms with E-state index in [1.54, 1.807) is 11.9 Å². The van der Waals surface area contributed by atoms with Crippen LogP contribution in [-0.4, -0.2) is 33.8 Å². The van der Waals surface area contributed by atoms with Gasteiger partial charge in [-0.05, 0) is 17.2 Å². The number of anilines is 1. The number of aromatic nitrogens is 2. The van der Waals surface area contributed by atoms with Crippen LogP contribution in [0.25, 0.3) is 0 Å². The Morgan fingerprint density at radius 3 is 2.63 bits per heavy atom. The Labute approximate surface area is 116 Å². The number of aliphatic hydroxyl groups excluding tert-OH is 1. The van der Waals surface area contributed by atoms with Gasteiger partial charge in [0.05, 0.1) is 18.8 Å². The molecule has 1 heterocycles. The van der Waals surface area contributed by atoms with E-state index < -0.39 is 0 Å². The number of hydrogen-bond donors (Lipinski definition) is 2. The Balaban J connectivity index is 2.36. The van der Waals surface area contributed by atoms with Crippen LogP contribution in [-0.2, 0) is 0 Å². The van der Waals surface area contributed by atoms with Crippen molar-refractivity contribution >= 4 is 17.4 Å². The molecule has 0 fully saturated rings. The fraction of sp³-hybridized carbons (Fsp3) is 0.231. The molecule has 0 spiro atoms. The maximum atomic E-state index is 9.79. The van der Waals surface area contributed by atoms with Crippen molar-refractivity contribution in [1.82, 2.24) is 9.97 Å². The van der Waals surface area contributed by atoms with Crippen LogP contribution in [0.1, 0.15) is 11.6 Å². The Morgan fingerprint density at radius 1 is 1.32 bits per heavy atom. The van der Waals surface area contributed by atoms with E-state index in [9.17, 15) is 10.2 Å². The van der Waals surface area contributed by atoms with Crippen molar-refractivity contribution in [3.05, 3.63) is 47.4 Å². The molecule has 2 N–H and O–H groups in total. The van der Waals surface area contributed by atoms with Gasteiger partial charge < -0.3 is 15.1 Å². The summed E-state index contributed by atoms with van der Waals surface area (Å²) in [5.74, 6) is 0.198. The van der Waals surface area contributed by atoms with Gasteiger partial charge in [0.1, 0.15) is 0 Å². The first kappa shape index (κ1) is 13.6. The number of rotatable bonds is 4.